The molecule has 2 atom stereocenters. The van der Waals surface area contributed by atoms with E-state index in [1.807, 2.05) is 0 Å². The molecule has 1 saturated heterocycles. The number of allylic oxidation sites excluding steroid dienone is 2. The highest BCUT2D eigenvalue weighted by atomic mass is 16.5. The van der Waals surface area contributed by atoms with E-state index in [1.165, 1.54) is 19.3 Å². The first kappa shape index (κ1) is 15.0. The zero-order valence-electron chi connectivity index (χ0n) is 12.7. The van der Waals surface area contributed by atoms with Crippen LogP contribution >= 0.6 is 0 Å². The van der Waals surface area contributed by atoms with Gasteiger partial charge in [0.1, 0.15) is 0 Å². The van der Waals surface area contributed by atoms with E-state index in [2.05, 4.69) is 26.1 Å². The van der Waals surface area contributed by atoms with Crippen molar-refractivity contribution in [2.75, 3.05) is 19.8 Å². The first-order chi connectivity index (χ1) is 9.00. The number of rotatable bonds is 4. The average Bonchev–Trinajstić information content (AvgIpc) is 2.40. The van der Waals surface area contributed by atoms with Gasteiger partial charge in [0.15, 0.2) is 0 Å². The van der Waals surface area contributed by atoms with Crippen LogP contribution in [0.3, 0.4) is 0 Å². The number of hydrogen-bond acceptors (Lipinski definition) is 3. The standard InChI is InChI=1S/C16H29NO2/c1-12-4-5-15(10-13(12)2)14(3)17-11-16(18)6-8-19-9-7-16/h14-15,17-18H,4-11H2,1-3H3. The Morgan fingerprint density at radius 1 is 1.32 bits per heavy atom. The van der Waals surface area contributed by atoms with E-state index >= 15 is 0 Å². The SMILES string of the molecule is CC1=C(C)CC(C(C)NCC2(O)CCOCC2)CC1. The first-order valence-electron chi connectivity index (χ1n) is 7.69. The lowest BCUT2D eigenvalue weighted by Gasteiger charge is -2.36. The van der Waals surface area contributed by atoms with Crippen molar-refractivity contribution in [3.05, 3.63) is 11.1 Å². The molecule has 2 unspecified atom stereocenters. The van der Waals surface area contributed by atoms with Crippen molar-refractivity contribution < 1.29 is 9.84 Å². The zero-order valence-corrected chi connectivity index (χ0v) is 12.7. The normalized spacial score (nSPS) is 29.4. The van der Waals surface area contributed by atoms with E-state index in [4.69, 9.17) is 4.74 Å². The third kappa shape index (κ3) is 4.04. The van der Waals surface area contributed by atoms with Crippen molar-refractivity contribution in [1.29, 1.82) is 0 Å². The van der Waals surface area contributed by atoms with Crippen molar-refractivity contribution in [3.8, 4) is 0 Å². The molecule has 110 valence electrons. The van der Waals surface area contributed by atoms with Crippen LogP contribution in [0.2, 0.25) is 0 Å². The van der Waals surface area contributed by atoms with Crippen LogP contribution in [0.5, 0.6) is 0 Å². The third-order valence-corrected chi connectivity index (χ3v) is 5.07. The molecule has 19 heavy (non-hydrogen) atoms. The van der Waals surface area contributed by atoms with Gasteiger partial charge in [-0.3, -0.25) is 0 Å². The van der Waals surface area contributed by atoms with E-state index in [1.54, 1.807) is 11.1 Å². The lowest BCUT2D eigenvalue weighted by atomic mass is 9.81. The molecule has 0 saturated carbocycles. The average molecular weight is 267 g/mol. The van der Waals surface area contributed by atoms with Gasteiger partial charge in [0.2, 0.25) is 0 Å². The molecule has 0 spiro atoms. The third-order valence-electron chi connectivity index (χ3n) is 5.07. The summed E-state index contributed by atoms with van der Waals surface area (Å²) >= 11 is 0. The molecule has 0 aromatic rings. The maximum absolute atomic E-state index is 10.5. The van der Waals surface area contributed by atoms with E-state index in [0.717, 1.165) is 12.8 Å². The van der Waals surface area contributed by atoms with Crippen LogP contribution in [0.25, 0.3) is 0 Å². The molecule has 0 radical (unpaired) electrons. The van der Waals surface area contributed by atoms with Gasteiger partial charge in [-0.2, -0.15) is 0 Å². The van der Waals surface area contributed by atoms with Gasteiger partial charge in [0.05, 0.1) is 5.60 Å². The van der Waals surface area contributed by atoms with Gasteiger partial charge in [-0.25, -0.2) is 0 Å². The lowest BCUT2D eigenvalue weighted by Crippen LogP contribution is -2.48. The van der Waals surface area contributed by atoms with Gasteiger partial charge in [0, 0.05) is 38.6 Å². The van der Waals surface area contributed by atoms with E-state index in [-0.39, 0.29) is 0 Å². The molecule has 1 aliphatic carbocycles. The Hall–Kier alpha value is -0.380. The largest absolute Gasteiger partial charge is 0.388 e. The smallest absolute Gasteiger partial charge is 0.0815 e. The predicted octanol–water partition coefficient (Wildman–Crippen LogP) is 2.64. The summed E-state index contributed by atoms with van der Waals surface area (Å²) in [4.78, 5) is 0. The number of aliphatic hydroxyl groups is 1. The number of ether oxygens (including phenoxy) is 1. The summed E-state index contributed by atoms with van der Waals surface area (Å²) in [7, 11) is 0. The predicted molar refractivity (Wildman–Crippen MR) is 78.2 cm³/mol. The van der Waals surface area contributed by atoms with Crippen LogP contribution in [0.15, 0.2) is 11.1 Å². The van der Waals surface area contributed by atoms with Gasteiger partial charge < -0.3 is 15.2 Å². The molecule has 1 aliphatic heterocycles. The summed E-state index contributed by atoms with van der Waals surface area (Å²) in [6.07, 6.45) is 5.24. The molecule has 2 N–H and O–H groups in total. The lowest BCUT2D eigenvalue weighted by molar-refractivity contribution is -0.0633. The molecule has 0 amide bonds. The number of nitrogens with one attached hydrogen (secondary N) is 1. The van der Waals surface area contributed by atoms with Crippen LogP contribution in [0.1, 0.15) is 52.9 Å². The molecule has 0 aromatic carbocycles. The fourth-order valence-electron chi connectivity index (χ4n) is 3.16. The Bertz CT molecular complexity index is 332. The second-order valence-electron chi connectivity index (χ2n) is 6.57. The van der Waals surface area contributed by atoms with Crippen molar-refractivity contribution in [3.63, 3.8) is 0 Å². The minimum absolute atomic E-state index is 0.481. The van der Waals surface area contributed by atoms with Crippen molar-refractivity contribution in [2.45, 2.75) is 64.5 Å². The van der Waals surface area contributed by atoms with Gasteiger partial charge in [-0.15, -0.1) is 0 Å². The molecule has 3 nitrogen and oxygen atoms in total. The molecular formula is C16H29NO2. The van der Waals surface area contributed by atoms with Crippen molar-refractivity contribution in [2.24, 2.45) is 5.92 Å². The Morgan fingerprint density at radius 3 is 2.63 bits per heavy atom. The molecule has 0 bridgehead atoms. The molecule has 1 heterocycles. The highest BCUT2D eigenvalue weighted by molar-refractivity contribution is 5.14. The Morgan fingerprint density at radius 2 is 2.00 bits per heavy atom. The minimum atomic E-state index is -0.554. The Labute approximate surface area is 117 Å². The molecule has 0 aromatic heterocycles. The highest BCUT2D eigenvalue weighted by Crippen LogP contribution is 2.31. The monoisotopic (exact) mass is 267 g/mol. The minimum Gasteiger partial charge on any atom is -0.388 e. The zero-order chi connectivity index (χ0) is 13.9. The second kappa shape index (κ2) is 6.38. The maximum Gasteiger partial charge on any atom is 0.0815 e. The fraction of sp³-hybridized carbons (Fsp3) is 0.875. The van der Waals surface area contributed by atoms with Gasteiger partial charge in [-0.1, -0.05) is 11.1 Å². The highest BCUT2D eigenvalue weighted by Gasteiger charge is 2.31. The molecule has 2 rings (SSSR count). The van der Waals surface area contributed by atoms with E-state index < -0.39 is 5.60 Å². The summed E-state index contributed by atoms with van der Waals surface area (Å²) in [6.45, 7) is 8.87. The molecule has 1 fully saturated rings. The second-order valence-corrected chi connectivity index (χ2v) is 6.57. The van der Waals surface area contributed by atoms with Crippen LogP contribution in [0.4, 0.5) is 0 Å². The van der Waals surface area contributed by atoms with Gasteiger partial charge >= 0.3 is 0 Å². The Kier molecular flexibility index (Phi) is 5.04. The quantitative estimate of drug-likeness (QED) is 0.769. The van der Waals surface area contributed by atoms with Crippen LogP contribution in [-0.4, -0.2) is 36.5 Å². The summed E-state index contributed by atoms with van der Waals surface area (Å²) in [5.41, 5.74) is 2.59. The fourth-order valence-corrected chi connectivity index (χ4v) is 3.16. The molecule has 2 aliphatic rings. The van der Waals surface area contributed by atoms with Gasteiger partial charge in [-0.05, 0) is 46.0 Å². The van der Waals surface area contributed by atoms with Crippen LogP contribution < -0.4 is 5.32 Å². The van der Waals surface area contributed by atoms with Crippen molar-refractivity contribution in [1.82, 2.24) is 5.32 Å². The van der Waals surface area contributed by atoms with E-state index in [0.29, 0.717) is 31.7 Å². The van der Waals surface area contributed by atoms with Gasteiger partial charge in [0.25, 0.3) is 0 Å². The summed E-state index contributed by atoms with van der Waals surface area (Å²) in [5, 5.41) is 14.0. The van der Waals surface area contributed by atoms with Crippen LogP contribution in [-0.2, 0) is 4.74 Å². The summed E-state index contributed by atoms with van der Waals surface area (Å²) in [6, 6.07) is 0.481. The molecular weight excluding hydrogens is 238 g/mol. The van der Waals surface area contributed by atoms with Crippen molar-refractivity contribution >= 4 is 0 Å². The summed E-state index contributed by atoms with van der Waals surface area (Å²) in [5.74, 6) is 0.715. The van der Waals surface area contributed by atoms with E-state index in [9.17, 15) is 5.11 Å². The first-order valence-corrected chi connectivity index (χ1v) is 7.69. The Balaban J connectivity index is 1.80. The number of hydrogen-bond donors (Lipinski definition) is 2. The maximum atomic E-state index is 10.5. The summed E-state index contributed by atoms with van der Waals surface area (Å²) < 4.78 is 5.32. The molecule has 3 heteroatoms. The topological polar surface area (TPSA) is 41.5 Å². The van der Waals surface area contributed by atoms with Crippen LogP contribution in [0, 0.1) is 5.92 Å².